The molecule has 4 nitrogen and oxygen atoms in total. The summed E-state index contributed by atoms with van der Waals surface area (Å²) in [5.74, 6) is 1.16. The van der Waals surface area contributed by atoms with Gasteiger partial charge in [0.2, 0.25) is 0 Å². The fourth-order valence-corrected chi connectivity index (χ4v) is 2.72. The zero-order valence-electron chi connectivity index (χ0n) is 9.75. The van der Waals surface area contributed by atoms with Crippen LogP contribution in [0.5, 0.6) is 0 Å². The van der Waals surface area contributed by atoms with E-state index in [1.54, 1.807) is 0 Å². The van der Waals surface area contributed by atoms with E-state index in [0.717, 1.165) is 20.2 Å². The van der Waals surface area contributed by atoms with Gasteiger partial charge in [0, 0.05) is 16.7 Å². The molecule has 7 heteroatoms. The van der Waals surface area contributed by atoms with Crippen molar-refractivity contribution in [1.29, 1.82) is 0 Å². The number of hydrogen-bond acceptors (Lipinski definition) is 3. The molecule has 0 atom stereocenters. The van der Waals surface area contributed by atoms with Crippen LogP contribution >= 0.6 is 47.8 Å². The molecule has 0 spiro atoms. The number of nitrogen functional groups attached to an aromatic ring is 1. The van der Waals surface area contributed by atoms with Gasteiger partial charge in [-0.3, -0.25) is 4.40 Å². The van der Waals surface area contributed by atoms with E-state index >= 15 is 0 Å². The topological polar surface area (TPSA) is 56.5 Å². The number of nitrogens with zero attached hydrogens (tertiary/aromatic N) is 2. The van der Waals surface area contributed by atoms with Gasteiger partial charge < -0.3 is 10.2 Å². The van der Waals surface area contributed by atoms with E-state index < -0.39 is 0 Å². The number of imidazole rings is 1. The number of rotatable bonds is 1. The number of furan rings is 1. The summed E-state index contributed by atoms with van der Waals surface area (Å²) in [4.78, 5) is 4.52. The number of pyridine rings is 1. The molecular formula is C12H8Br3N3O. The van der Waals surface area contributed by atoms with Gasteiger partial charge in [-0.2, -0.15) is 0 Å². The third kappa shape index (κ3) is 2.13. The Morgan fingerprint density at radius 2 is 1.95 bits per heavy atom. The van der Waals surface area contributed by atoms with Crippen molar-refractivity contribution in [3.05, 3.63) is 37.5 Å². The summed E-state index contributed by atoms with van der Waals surface area (Å²) in [6.07, 6.45) is 1.91. The molecule has 0 fully saturated rings. The Morgan fingerprint density at radius 3 is 2.58 bits per heavy atom. The minimum Gasteiger partial charge on any atom is -0.446 e. The van der Waals surface area contributed by atoms with Gasteiger partial charge in [-0.15, -0.1) is 0 Å². The van der Waals surface area contributed by atoms with Crippen molar-refractivity contribution in [2.45, 2.75) is 6.92 Å². The zero-order valence-corrected chi connectivity index (χ0v) is 14.5. The van der Waals surface area contributed by atoms with E-state index in [2.05, 4.69) is 52.8 Å². The first-order valence-electron chi connectivity index (χ1n) is 5.36. The highest BCUT2D eigenvalue weighted by atomic mass is 79.9. The first-order chi connectivity index (χ1) is 8.97. The van der Waals surface area contributed by atoms with Crippen LogP contribution in [0.1, 0.15) is 5.56 Å². The number of aryl methyl sites for hydroxylation is 1. The second-order valence-electron chi connectivity index (χ2n) is 4.11. The van der Waals surface area contributed by atoms with Crippen LogP contribution in [0, 0.1) is 6.92 Å². The SMILES string of the molecule is Cc1cc2nc(-c3cc(Br)c(Br)o3)c(N)n2cc1Br. The van der Waals surface area contributed by atoms with E-state index in [1.165, 1.54) is 0 Å². The molecule has 2 N–H and O–H groups in total. The Kier molecular flexibility index (Phi) is 3.23. The molecule has 3 heterocycles. The molecule has 0 saturated heterocycles. The van der Waals surface area contributed by atoms with Gasteiger partial charge >= 0.3 is 0 Å². The van der Waals surface area contributed by atoms with Crippen LogP contribution in [-0.4, -0.2) is 9.38 Å². The number of halogens is 3. The van der Waals surface area contributed by atoms with Crippen molar-refractivity contribution >= 4 is 59.3 Å². The average Bonchev–Trinajstić information content (AvgIpc) is 2.83. The van der Waals surface area contributed by atoms with Crippen molar-refractivity contribution < 1.29 is 4.42 Å². The predicted molar refractivity (Wildman–Crippen MR) is 85.1 cm³/mol. The minimum absolute atomic E-state index is 0.546. The van der Waals surface area contributed by atoms with Crippen LogP contribution in [-0.2, 0) is 0 Å². The summed E-state index contributed by atoms with van der Waals surface area (Å²) < 4.78 is 9.84. The molecule has 19 heavy (non-hydrogen) atoms. The van der Waals surface area contributed by atoms with E-state index in [9.17, 15) is 0 Å². The molecule has 0 aromatic carbocycles. The zero-order chi connectivity index (χ0) is 13.7. The van der Waals surface area contributed by atoms with E-state index in [0.29, 0.717) is 21.9 Å². The van der Waals surface area contributed by atoms with Gasteiger partial charge in [-0.25, -0.2) is 4.98 Å². The molecule has 3 aromatic rings. The lowest BCUT2D eigenvalue weighted by molar-refractivity contribution is 0.552. The maximum absolute atomic E-state index is 6.14. The van der Waals surface area contributed by atoms with Crippen LogP contribution in [0.4, 0.5) is 5.82 Å². The Labute approximate surface area is 134 Å². The molecule has 0 radical (unpaired) electrons. The average molecular weight is 450 g/mol. The molecule has 0 saturated carbocycles. The fourth-order valence-electron chi connectivity index (χ4n) is 1.82. The van der Waals surface area contributed by atoms with Crippen LogP contribution in [0.3, 0.4) is 0 Å². The molecule has 0 aliphatic rings. The molecule has 0 unspecified atom stereocenters. The summed E-state index contributed by atoms with van der Waals surface area (Å²) in [6, 6.07) is 3.81. The van der Waals surface area contributed by atoms with Crippen molar-refractivity contribution in [2.24, 2.45) is 0 Å². The summed E-state index contributed by atoms with van der Waals surface area (Å²) >= 11 is 10.2. The van der Waals surface area contributed by atoms with Crippen molar-refractivity contribution in [3.8, 4) is 11.5 Å². The van der Waals surface area contributed by atoms with Crippen molar-refractivity contribution in [1.82, 2.24) is 9.38 Å². The molecule has 0 bridgehead atoms. The first-order valence-corrected chi connectivity index (χ1v) is 7.74. The summed E-state index contributed by atoms with van der Waals surface area (Å²) in [5, 5.41) is 0. The molecule has 0 aliphatic carbocycles. The second kappa shape index (κ2) is 4.64. The molecule has 0 amide bonds. The summed E-state index contributed by atoms with van der Waals surface area (Å²) in [7, 11) is 0. The Bertz CT molecular complexity index is 772. The number of hydrogen-bond donors (Lipinski definition) is 1. The lowest BCUT2D eigenvalue weighted by Crippen LogP contribution is -1.94. The normalized spacial score (nSPS) is 11.4. The van der Waals surface area contributed by atoms with Crippen molar-refractivity contribution in [3.63, 3.8) is 0 Å². The number of anilines is 1. The standard InChI is InChI=1S/C12H8Br3N3O/c1-5-2-9-17-10(8-3-6(13)11(15)19-8)12(16)18(9)4-7(5)14/h2-4H,16H2,1H3. The Hall–Kier alpha value is -0.790. The highest BCUT2D eigenvalue weighted by Gasteiger charge is 2.17. The first kappa shape index (κ1) is 13.2. The summed E-state index contributed by atoms with van der Waals surface area (Å²) in [5.41, 5.74) is 8.66. The maximum atomic E-state index is 6.14. The lowest BCUT2D eigenvalue weighted by Gasteiger charge is -2.00. The van der Waals surface area contributed by atoms with E-state index in [-0.39, 0.29) is 0 Å². The predicted octanol–water partition coefficient (Wildman–Crippen LogP) is 4.77. The monoisotopic (exact) mass is 447 g/mol. The number of aromatic nitrogens is 2. The van der Waals surface area contributed by atoms with Crippen LogP contribution < -0.4 is 5.73 Å². The third-order valence-electron chi connectivity index (χ3n) is 2.82. The van der Waals surface area contributed by atoms with Crippen LogP contribution in [0.2, 0.25) is 0 Å². The van der Waals surface area contributed by atoms with Gasteiger partial charge in [0.05, 0.1) is 4.47 Å². The van der Waals surface area contributed by atoms with Gasteiger partial charge in [-0.1, -0.05) is 0 Å². The minimum atomic E-state index is 0.546. The number of nitrogens with two attached hydrogens (primary N) is 1. The molecule has 3 aromatic heterocycles. The lowest BCUT2D eigenvalue weighted by atomic mass is 10.3. The molecule has 0 aliphatic heterocycles. The largest absolute Gasteiger partial charge is 0.446 e. The van der Waals surface area contributed by atoms with Gasteiger partial charge in [0.1, 0.15) is 17.2 Å². The van der Waals surface area contributed by atoms with E-state index in [4.69, 9.17) is 10.2 Å². The van der Waals surface area contributed by atoms with Crippen molar-refractivity contribution in [2.75, 3.05) is 5.73 Å². The molecule has 98 valence electrons. The van der Waals surface area contributed by atoms with Gasteiger partial charge in [0.25, 0.3) is 0 Å². The Morgan fingerprint density at radius 1 is 1.21 bits per heavy atom. The molecule has 3 rings (SSSR count). The third-order valence-corrected chi connectivity index (χ3v) is 5.36. The highest BCUT2D eigenvalue weighted by molar-refractivity contribution is 9.13. The molecular weight excluding hydrogens is 442 g/mol. The Balaban J connectivity index is 2.28. The van der Waals surface area contributed by atoms with E-state index in [1.807, 2.05) is 29.7 Å². The van der Waals surface area contributed by atoms with Crippen LogP contribution in [0.25, 0.3) is 17.1 Å². The maximum Gasteiger partial charge on any atom is 0.184 e. The summed E-state index contributed by atoms with van der Waals surface area (Å²) in [6.45, 7) is 2.01. The second-order valence-corrected chi connectivity index (χ2v) is 6.54. The van der Waals surface area contributed by atoms with Gasteiger partial charge in [-0.05, 0) is 66.3 Å². The number of fused-ring (bicyclic) bond motifs is 1. The smallest absolute Gasteiger partial charge is 0.184 e. The quantitative estimate of drug-likeness (QED) is 0.582. The van der Waals surface area contributed by atoms with Gasteiger partial charge in [0.15, 0.2) is 10.4 Å². The van der Waals surface area contributed by atoms with Crippen LogP contribution in [0.15, 0.2) is 36.4 Å². The fraction of sp³-hybridized carbons (Fsp3) is 0.0833. The highest BCUT2D eigenvalue weighted by Crippen LogP contribution is 2.35.